The molecule has 8 heteroatoms. The largest absolute Gasteiger partial charge is 0.508 e. The Morgan fingerprint density at radius 3 is 2.19 bits per heavy atom. The van der Waals surface area contributed by atoms with E-state index in [1.807, 2.05) is 0 Å². The Hall–Kier alpha value is -2.22. The predicted octanol–water partition coefficient (Wildman–Crippen LogP) is 1.81. The van der Waals surface area contributed by atoms with Crippen LogP contribution in [0.25, 0.3) is 5.70 Å². The number of hydrogen-bond donors (Lipinski definition) is 4. The molecule has 0 saturated heterocycles. The van der Waals surface area contributed by atoms with Crippen molar-refractivity contribution in [3.8, 4) is 0 Å². The van der Waals surface area contributed by atoms with Gasteiger partial charge in [0.1, 0.15) is 11.8 Å². The van der Waals surface area contributed by atoms with Gasteiger partial charge in [0.15, 0.2) is 0 Å². The molecule has 0 bridgehead atoms. The number of aliphatic hydroxyl groups excluding tert-OH is 1. The maximum absolute atomic E-state index is 12.5. The Balaban J connectivity index is 3.22. The van der Waals surface area contributed by atoms with Crippen LogP contribution in [0, 0.1) is 0 Å². The average Bonchev–Trinajstić information content (AvgIpc) is 2.45. The van der Waals surface area contributed by atoms with Crippen LogP contribution in [0.4, 0.5) is 13.2 Å². The molecule has 1 aromatic carbocycles. The number of rotatable bonds is 4. The smallest absolute Gasteiger partial charge is 0.416 e. The summed E-state index contributed by atoms with van der Waals surface area (Å²) in [6.45, 7) is 1.53. The van der Waals surface area contributed by atoms with E-state index >= 15 is 0 Å². The van der Waals surface area contributed by atoms with Gasteiger partial charge < -0.3 is 22.0 Å². The number of nitrogens with zero attached hydrogens (tertiary/aromatic N) is 1. The van der Waals surface area contributed by atoms with Gasteiger partial charge in [0.2, 0.25) is 0 Å². The van der Waals surface area contributed by atoms with E-state index in [1.54, 1.807) is 0 Å². The van der Waals surface area contributed by atoms with Crippen LogP contribution in [0.15, 0.2) is 35.1 Å². The number of nitrogens with one attached hydrogen (secondary N) is 1. The van der Waals surface area contributed by atoms with Crippen LogP contribution < -0.4 is 16.9 Å². The lowest BCUT2D eigenvalue weighted by Gasteiger charge is -2.16. The van der Waals surface area contributed by atoms with Gasteiger partial charge in [-0.25, -0.2) is 0 Å². The predicted molar refractivity (Wildman–Crippen MR) is 75.3 cm³/mol. The molecule has 1 rings (SSSR count). The van der Waals surface area contributed by atoms with Gasteiger partial charge in [-0.15, -0.1) is 0 Å². The maximum Gasteiger partial charge on any atom is 0.416 e. The molecule has 0 radical (unpaired) electrons. The first kappa shape index (κ1) is 16.8. The molecular formula is C13H17F3N4O. The summed E-state index contributed by atoms with van der Waals surface area (Å²) in [4.78, 5) is 0. The Morgan fingerprint density at radius 2 is 1.81 bits per heavy atom. The second-order valence-electron chi connectivity index (χ2n) is 4.33. The summed E-state index contributed by atoms with van der Waals surface area (Å²) in [5.41, 5.74) is 5.83. The van der Waals surface area contributed by atoms with E-state index in [-0.39, 0.29) is 17.2 Å². The highest BCUT2D eigenvalue weighted by atomic mass is 19.4. The number of hydrazone groups is 1. The number of benzene rings is 1. The van der Waals surface area contributed by atoms with Crippen LogP contribution in [0.1, 0.15) is 18.1 Å². The molecular weight excluding hydrogens is 285 g/mol. The molecule has 6 N–H and O–H groups in total. The van der Waals surface area contributed by atoms with Crippen molar-refractivity contribution in [2.45, 2.75) is 19.1 Å². The topological polar surface area (TPSA) is 96.7 Å². The summed E-state index contributed by atoms with van der Waals surface area (Å²) >= 11 is 0. The highest BCUT2D eigenvalue weighted by molar-refractivity contribution is 5.91. The lowest BCUT2D eigenvalue weighted by molar-refractivity contribution is -0.137. The van der Waals surface area contributed by atoms with Crippen molar-refractivity contribution < 1.29 is 18.3 Å². The van der Waals surface area contributed by atoms with Gasteiger partial charge in [-0.3, -0.25) is 0 Å². The summed E-state index contributed by atoms with van der Waals surface area (Å²) in [5, 5.41) is 16.2. The summed E-state index contributed by atoms with van der Waals surface area (Å²) in [6.07, 6.45) is -4.41. The van der Waals surface area contributed by atoms with Crippen molar-refractivity contribution in [2.75, 3.05) is 7.05 Å². The second-order valence-corrected chi connectivity index (χ2v) is 4.33. The molecule has 21 heavy (non-hydrogen) atoms. The van der Waals surface area contributed by atoms with Crippen molar-refractivity contribution >= 4 is 11.4 Å². The third-order valence-corrected chi connectivity index (χ3v) is 2.96. The summed E-state index contributed by atoms with van der Waals surface area (Å²) < 4.78 is 37.5. The van der Waals surface area contributed by atoms with Crippen LogP contribution >= 0.6 is 0 Å². The zero-order valence-electron chi connectivity index (χ0n) is 11.6. The number of aliphatic hydroxyl groups is 1. The first-order valence-corrected chi connectivity index (χ1v) is 6.00. The third kappa shape index (κ3) is 3.88. The van der Waals surface area contributed by atoms with Gasteiger partial charge in [-0.1, -0.05) is 12.1 Å². The molecule has 0 aromatic heterocycles. The molecule has 1 unspecified atom stereocenters. The van der Waals surface area contributed by atoms with Crippen molar-refractivity contribution in [2.24, 2.45) is 16.7 Å². The molecule has 0 aliphatic rings. The van der Waals surface area contributed by atoms with Gasteiger partial charge >= 0.3 is 6.18 Å². The van der Waals surface area contributed by atoms with E-state index in [0.29, 0.717) is 5.56 Å². The normalized spacial score (nSPS) is 15.4. The van der Waals surface area contributed by atoms with Gasteiger partial charge in [-0.2, -0.15) is 18.3 Å². The summed E-state index contributed by atoms with van der Waals surface area (Å²) in [5.74, 6) is 4.83. The summed E-state index contributed by atoms with van der Waals surface area (Å²) in [7, 11) is 1.52. The molecule has 0 aliphatic heterocycles. The average molecular weight is 302 g/mol. The molecule has 0 amide bonds. The first-order chi connectivity index (χ1) is 9.72. The van der Waals surface area contributed by atoms with Gasteiger partial charge in [0, 0.05) is 12.6 Å². The van der Waals surface area contributed by atoms with Gasteiger partial charge in [0.25, 0.3) is 0 Å². The fourth-order valence-corrected chi connectivity index (χ4v) is 1.68. The second kappa shape index (κ2) is 6.49. The maximum atomic E-state index is 12.5. The van der Waals surface area contributed by atoms with Crippen molar-refractivity contribution in [1.29, 1.82) is 0 Å². The zero-order valence-corrected chi connectivity index (χ0v) is 11.6. The highest BCUT2D eigenvalue weighted by Gasteiger charge is 2.30. The van der Waals surface area contributed by atoms with Crippen LogP contribution in [-0.2, 0) is 6.18 Å². The molecule has 5 nitrogen and oxygen atoms in total. The van der Waals surface area contributed by atoms with Crippen LogP contribution in [0.5, 0.6) is 0 Å². The zero-order chi connectivity index (χ0) is 16.2. The minimum atomic E-state index is -4.41. The van der Waals surface area contributed by atoms with Crippen molar-refractivity contribution in [1.82, 2.24) is 5.32 Å². The SMILES string of the molecule is CN/C(=C(/O)C(N)/C(C)=N/N)c1ccc(C(F)(F)F)cc1. The number of halogens is 3. The molecule has 1 atom stereocenters. The summed E-state index contributed by atoms with van der Waals surface area (Å²) in [6, 6.07) is 3.39. The van der Waals surface area contributed by atoms with E-state index in [4.69, 9.17) is 11.6 Å². The van der Waals surface area contributed by atoms with Crippen molar-refractivity contribution in [3.05, 3.63) is 41.2 Å². The molecule has 0 fully saturated rings. The van der Waals surface area contributed by atoms with Crippen LogP contribution in [0.2, 0.25) is 0 Å². The molecule has 0 heterocycles. The molecule has 0 saturated carbocycles. The molecule has 0 spiro atoms. The van der Waals surface area contributed by atoms with E-state index in [9.17, 15) is 18.3 Å². The van der Waals surface area contributed by atoms with Gasteiger partial charge in [-0.05, 0) is 19.1 Å². The number of nitrogens with two attached hydrogens (primary N) is 2. The fourth-order valence-electron chi connectivity index (χ4n) is 1.68. The van der Waals surface area contributed by atoms with E-state index < -0.39 is 17.8 Å². The van der Waals surface area contributed by atoms with E-state index in [2.05, 4.69) is 10.4 Å². The molecule has 1 aromatic rings. The standard InChI is InChI=1S/C13H17F3N4O/c1-7(20-18)10(17)12(21)11(19-2)8-3-5-9(6-4-8)13(14,15)16/h3-6,10,19,21H,17-18H2,1-2H3/b12-11+,20-7+. The minimum Gasteiger partial charge on any atom is -0.508 e. The molecule has 116 valence electrons. The fraction of sp³-hybridized carbons (Fsp3) is 0.308. The highest BCUT2D eigenvalue weighted by Crippen LogP contribution is 2.30. The Labute approximate surface area is 120 Å². The Bertz CT molecular complexity index is 550. The third-order valence-electron chi connectivity index (χ3n) is 2.96. The lowest BCUT2D eigenvalue weighted by Crippen LogP contribution is -2.33. The van der Waals surface area contributed by atoms with E-state index in [0.717, 1.165) is 12.1 Å². The molecule has 0 aliphatic carbocycles. The number of hydrogen-bond acceptors (Lipinski definition) is 5. The minimum absolute atomic E-state index is 0.208. The van der Waals surface area contributed by atoms with Crippen molar-refractivity contribution in [3.63, 3.8) is 0 Å². The Kier molecular flexibility index (Phi) is 5.20. The monoisotopic (exact) mass is 302 g/mol. The van der Waals surface area contributed by atoms with E-state index in [1.165, 1.54) is 26.1 Å². The lowest BCUT2D eigenvalue weighted by atomic mass is 10.0. The van der Waals surface area contributed by atoms with Crippen LogP contribution in [-0.4, -0.2) is 23.9 Å². The first-order valence-electron chi connectivity index (χ1n) is 6.00. The quantitative estimate of drug-likeness (QED) is 0.295. The van der Waals surface area contributed by atoms with Gasteiger partial charge in [0.05, 0.1) is 17.0 Å². The van der Waals surface area contributed by atoms with Crippen LogP contribution in [0.3, 0.4) is 0 Å². The number of alkyl halides is 3. The Morgan fingerprint density at radius 1 is 1.29 bits per heavy atom.